The smallest absolute Gasteiger partial charge is 0.0772 e. The van der Waals surface area contributed by atoms with Gasteiger partial charge in [0.2, 0.25) is 0 Å². The van der Waals surface area contributed by atoms with E-state index in [1.54, 1.807) is 0 Å². The number of aliphatic hydroxyl groups is 1. The number of benzene rings is 1. The van der Waals surface area contributed by atoms with Crippen LogP contribution in [0.5, 0.6) is 0 Å². The monoisotopic (exact) mass is 222 g/mol. The van der Waals surface area contributed by atoms with Crippen LogP contribution in [0.1, 0.15) is 6.42 Å². The molecule has 1 saturated heterocycles. The first kappa shape index (κ1) is 11.2. The van der Waals surface area contributed by atoms with E-state index in [1.807, 2.05) is 24.3 Å². The lowest BCUT2D eigenvalue weighted by atomic mass is 10.2. The number of ether oxygens (including phenoxy) is 1. The molecule has 1 aromatic carbocycles. The van der Waals surface area contributed by atoms with E-state index in [0.717, 1.165) is 25.4 Å². The SMILES string of the molecule is Nc1ccc(N2CCOC(CCO)C2)cc1. The van der Waals surface area contributed by atoms with Gasteiger partial charge in [-0.3, -0.25) is 0 Å². The van der Waals surface area contributed by atoms with Gasteiger partial charge < -0.3 is 20.5 Å². The fourth-order valence-electron chi connectivity index (χ4n) is 1.96. The van der Waals surface area contributed by atoms with E-state index in [9.17, 15) is 0 Å². The molecular weight excluding hydrogens is 204 g/mol. The lowest BCUT2D eigenvalue weighted by Gasteiger charge is -2.34. The molecule has 2 rings (SSSR count). The highest BCUT2D eigenvalue weighted by Gasteiger charge is 2.19. The number of hydrogen-bond donors (Lipinski definition) is 2. The molecule has 1 heterocycles. The highest BCUT2D eigenvalue weighted by Crippen LogP contribution is 2.19. The summed E-state index contributed by atoms with van der Waals surface area (Å²) in [6.07, 6.45) is 0.835. The van der Waals surface area contributed by atoms with Gasteiger partial charge in [0.25, 0.3) is 0 Å². The molecule has 1 unspecified atom stereocenters. The van der Waals surface area contributed by atoms with Crippen LogP contribution < -0.4 is 10.6 Å². The van der Waals surface area contributed by atoms with Crippen LogP contribution in [0.4, 0.5) is 11.4 Å². The standard InChI is InChI=1S/C12H18N2O2/c13-10-1-3-11(4-2-10)14-6-8-16-12(9-14)5-7-15/h1-4,12,15H,5-9,13H2. The second kappa shape index (κ2) is 5.18. The number of nitrogens with two attached hydrogens (primary N) is 1. The lowest BCUT2D eigenvalue weighted by molar-refractivity contribution is 0.0247. The van der Waals surface area contributed by atoms with Gasteiger partial charge in [0, 0.05) is 31.1 Å². The molecule has 0 spiro atoms. The zero-order valence-electron chi connectivity index (χ0n) is 9.30. The van der Waals surface area contributed by atoms with Crippen LogP contribution in [0.15, 0.2) is 24.3 Å². The molecule has 4 heteroatoms. The average molecular weight is 222 g/mol. The summed E-state index contributed by atoms with van der Waals surface area (Å²) in [6, 6.07) is 7.87. The van der Waals surface area contributed by atoms with Crippen molar-refractivity contribution in [2.24, 2.45) is 0 Å². The van der Waals surface area contributed by atoms with Crippen molar-refractivity contribution in [1.29, 1.82) is 0 Å². The van der Waals surface area contributed by atoms with Crippen molar-refractivity contribution in [1.82, 2.24) is 0 Å². The molecule has 1 aliphatic heterocycles. The third-order valence-corrected chi connectivity index (χ3v) is 2.85. The third kappa shape index (κ3) is 2.65. The fraction of sp³-hybridized carbons (Fsp3) is 0.500. The Kier molecular flexibility index (Phi) is 3.64. The number of nitrogen functional groups attached to an aromatic ring is 1. The first-order chi connectivity index (χ1) is 7.79. The number of aliphatic hydroxyl groups excluding tert-OH is 1. The molecule has 0 radical (unpaired) electrons. The average Bonchev–Trinajstić information content (AvgIpc) is 2.31. The quantitative estimate of drug-likeness (QED) is 0.745. The number of morpholine rings is 1. The van der Waals surface area contributed by atoms with Gasteiger partial charge in [-0.05, 0) is 30.7 Å². The molecule has 16 heavy (non-hydrogen) atoms. The molecule has 4 nitrogen and oxygen atoms in total. The minimum Gasteiger partial charge on any atom is -0.399 e. The van der Waals surface area contributed by atoms with Crippen molar-refractivity contribution in [3.63, 3.8) is 0 Å². The number of nitrogens with zero attached hydrogens (tertiary/aromatic N) is 1. The Labute approximate surface area is 95.6 Å². The van der Waals surface area contributed by atoms with Crippen LogP contribution in [0.3, 0.4) is 0 Å². The van der Waals surface area contributed by atoms with Crippen LogP contribution in [0.2, 0.25) is 0 Å². The maximum absolute atomic E-state index is 8.90. The molecule has 88 valence electrons. The van der Waals surface area contributed by atoms with Crippen LogP contribution in [0, 0.1) is 0 Å². The van der Waals surface area contributed by atoms with Gasteiger partial charge in [-0.2, -0.15) is 0 Å². The van der Waals surface area contributed by atoms with Crippen molar-refractivity contribution in [2.75, 3.05) is 36.9 Å². The Bertz CT molecular complexity index is 324. The van der Waals surface area contributed by atoms with Crippen LogP contribution in [-0.2, 0) is 4.74 Å². The summed E-state index contributed by atoms with van der Waals surface area (Å²) in [6.45, 7) is 2.63. The summed E-state index contributed by atoms with van der Waals surface area (Å²) in [5, 5.41) is 8.90. The maximum Gasteiger partial charge on any atom is 0.0772 e. The van der Waals surface area contributed by atoms with E-state index in [4.69, 9.17) is 15.6 Å². The predicted molar refractivity (Wildman–Crippen MR) is 64.5 cm³/mol. The summed E-state index contributed by atoms with van der Waals surface area (Å²) in [7, 11) is 0. The zero-order valence-corrected chi connectivity index (χ0v) is 9.30. The van der Waals surface area contributed by atoms with Gasteiger partial charge in [0.15, 0.2) is 0 Å². The van der Waals surface area contributed by atoms with E-state index in [0.29, 0.717) is 6.42 Å². The summed E-state index contributed by atoms with van der Waals surface area (Å²) in [4.78, 5) is 2.27. The lowest BCUT2D eigenvalue weighted by Crippen LogP contribution is -2.42. The number of hydrogen-bond acceptors (Lipinski definition) is 4. The third-order valence-electron chi connectivity index (χ3n) is 2.85. The summed E-state index contributed by atoms with van der Waals surface area (Å²) < 4.78 is 5.57. The van der Waals surface area contributed by atoms with Crippen LogP contribution in [0.25, 0.3) is 0 Å². The Hall–Kier alpha value is -1.26. The van der Waals surface area contributed by atoms with Gasteiger partial charge in [0.1, 0.15) is 0 Å². The fourth-order valence-corrected chi connectivity index (χ4v) is 1.96. The Morgan fingerprint density at radius 1 is 1.38 bits per heavy atom. The largest absolute Gasteiger partial charge is 0.399 e. The molecule has 0 saturated carbocycles. The van der Waals surface area contributed by atoms with Gasteiger partial charge >= 0.3 is 0 Å². The number of rotatable bonds is 3. The predicted octanol–water partition coefficient (Wildman–Crippen LogP) is 0.856. The van der Waals surface area contributed by atoms with Crippen molar-refractivity contribution < 1.29 is 9.84 Å². The van der Waals surface area contributed by atoms with E-state index in [1.165, 1.54) is 5.69 Å². The molecule has 1 aliphatic rings. The van der Waals surface area contributed by atoms with Crippen LogP contribution in [-0.4, -0.2) is 37.5 Å². The first-order valence-corrected chi connectivity index (χ1v) is 5.62. The van der Waals surface area contributed by atoms with E-state index < -0.39 is 0 Å². The Morgan fingerprint density at radius 3 is 2.81 bits per heavy atom. The van der Waals surface area contributed by atoms with E-state index in [-0.39, 0.29) is 12.7 Å². The number of anilines is 2. The topological polar surface area (TPSA) is 58.7 Å². The molecule has 1 atom stereocenters. The van der Waals surface area contributed by atoms with Gasteiger partial charge in [-0.25, -0.2) is 0 Å². The molecular formula is C12H18N2O2. The molecule has 0 aliphatic carbocycles. The molecule has 1 aromatic rings. The molecule has 0 amide bonds. The van der Waals surface area contributed by atoms with Gasteiger partial charge in [0.05, 0.1) is 12.7 Å². The first-order valence-electron chi connectivity index (χ1n) is 5.62. The highest BCUT2D eigenvalue weighted by molar-refractivity contribution is 5.53. The van der Waals surface area contributed by atoms with Gasteiger partial charge in [-0.1, -0.05) is 0 Å². The van der Waals surface area contributed by atoms with Crippen molar-refractivity contribution >= 4 is 11.4 Å². The molecule has 0 bridgehead atoms. The summed E-state index contributed by atoms with van der Waals surface area (Å²) >= 11 is 0. The Morgan fingerprint density at radius 2 is 2.12 bits per heavy atom. The highest BCUT2D eigenvalue weighted by atomic mass is 16.5. The van der Waals surface area contributed by atoms with Crippen molar-refractivity contribution in [3.8, 4) is 0 Å². The Balaban J connectivity index is 2.01. The summed E-state index contributed by atoms with van der Waals surface area (Å²) in [5.41, 5.74) is 7.60. The van der Waals surface area contributed by atoms with Crippen molar-refractivity contribution in [2.45, 2.75) is 12.5 Å². The normalized spacial score (nSPS) is 21.1. The maximum atomic E-state index is 8.90. The molecule has 1 fully saturated rings. The minimum atomic E-state index is 0.135. The van der Waals surface area contributed by atoms with Crippen LogP contribution >= 0.6 is 0 Å². The molecule has 3 N–H and O–H groups in total. The second-order valence-corrected chi connectivity index (χ2v) is 4.04. The zero-order chi connectivity index (χ0) is 11.4. The second-order valence-electron chi connectivity index (χ2n) is 4.04. The van der Waals surface area contributed by atoms with E-state index in [2.05, 4.69) is 4.90 Å². The van der Waals surface area contributed by atoms with Gasteiger partial charge in [-0.15, -0.1) is 0 Å². The summed E-state index contributed by atoms with van der Waals surface area (Å²) in [5.74, 6) is 0. The van der Waals surface area contributed by atoms with Crippen molar-refractivity contribution in [3.05, 3.63) is 24.3 Å². The van der Waals surface area contributed by atoms with E-state index >= 15 is 0 Å². The molecule has 0 aromatic heterocycles. The minimum absolute atomic E-state index is 0.135.